The van der Waals surface area contributed by atoms with Crippen LogP contribution in [0.25, 0.3) is 0 Å². The fraction of sp³-hybridized carbons (Fsp3) is 0.545. The van der Waals surface area contributed by atoms with Gasteiger partial charge in [0.15, 0.2) is 39.9 Å². The number of thioether (sulfide) groups is 1. The van der Waals surface area contributed by atoms with Gasteiger partial charge >= 0.3 is 0 Å². The highest BCUT2D eigenvalue weighted by atomic mass is 35.5. The van der Waals surface area contributed by atoms with Crippen molar-refractivity contribution in [3.05, 3.63) is 28.8 Å². The van der Waals surface area contributed by atoms with Crippen molar-refractivity contribution >= 4 is 52.2 Å². The SMILES string of the molecule is CC(=O)[C@]1(O)[C@@](O)(C(C)=O)[C@H](C(=O)C(C)O)S[C@H](N2CCc3c(Cl)cccc32)[C@@]1(O)C(C)=O. The highest BCUT2D eigenvalue weighted by molar-refractivity contribution is 8.01. The Morgan fingerprint density at radius 3 is 2.12 bits per heavy atom. The van der Waals surface area contributed by atoms with Gasteiger partial charge in [0.25, 0.3) is 0 Å². The van der Waals surface area contributed by atoms with Crippen LogP contribution in [0.2, 0.25) is 5.02 Å². The number of aliphatic hydroxyl groups is 4. The van der Waals surface area contributed by atoms with E-state index in [1.165, 1.54) is 4.90 Å². The van der Waals surface area contributed by atoms with E-state index in [1.54, 1.807) is 18.2 Å². The second-order valence-electron chi connectivity index (χ2n) is 8.54. The molecule has 1 aromatic rings. The minimum Gasteiger partial charge on any atom is -0.386 e. The number of halogens is 1. The number of ketones is 4. The average Bonchev–Trinajstić information content (AvgIpc) is 3.16. The van der Waals surface area contributed by atoms with Gasteiger partial charge in [0.1, 0.15) is 16.7 Å². The fourth-order valence-electron chi connectivity index (χ4n) is 4.84. The molecular formula is C22H26ClNO8S. The van der Waals surface area contributed by atoms with Crippen molar-refractivity contribution in [2.75, 3.05) is 11.4 Å². The summed E-state index contributed by atoms with van der Waals surface area (Å²) in [5, 5.41) is 42.0. The first-order chi connectivity index (χ1) is 15.2. The number of carbonyl (C=O) groups is 4. The van der Waals surface area contributed by atoms with Gasteiger partial charge in [0.2, 0.25) is 0 Å². The maximum Gasteiger partial charge on any atom is 0.199 e. The molecule has 0 spiro atoms. The normalized spacial score (nSPS) is 34.5. The van der Waals surface area contributed by atoms with Crippen LogP contribution in [-0.2, 0) is 25.6 Å². The minimum atomic E-state index is -3.38. The van der Waals surface area contributed by atoms with Crippen LogP contribution >= 0.6 is 23.4 Å². The molecule has 2 aliphatic heterocycles. The molecule has 3 rings (SSSR count). The van der Waals surface area contributed by atoms with E-state index in [0.717, 1.165) is 27.7 Å². The van der Waals surface area contributed by atoms with Gasteiger partial charge in [-0.1, -0.05) is 17.7 Å². The Morgan fingerprint density at radius 2 is 1.64 bits per heavy atom. The smallest absolute Gasteiger partial charge is 0.199 e. The van der Waals surface area contributed by atoms with Gasteiger partial charge in [0, 0.05) is 17.3 Å². The van der Waals surface area contributed by atoms with Crippen LogP contribution in [0.3, 0.4) is 0 Å². The number of hydrogen-bond acceptors (Lipinski definition) is 10. The number of rotatable bonds is 6. The summed E-state index contributed by atoms with van der Waals surface area (Å²) >= 11 is 6.83. The Hall–Kier alpha value is -1.82. The van der Waals surface area contributed by atoms with Gasteiger partial charge in [-0.15, -0.1) is 11.8 Å². The van der Waals surface area contributed by atoms with E-state index in [2.05, 4.69) is 0 Å². The monoisotopic (exact) mass is 499 g/mol. The molecule has 0 aliphatic carbocycles. The third kappa shape index (κ3) is 3.30. The molecule has 1 unspecified atom stereocenters. The Labute approximate surface area is 199 Å². The summed E-state index contributed by atoms with van der Waals surface area (Å²) in [7, 11) is 0. The Morgan fingerprint density at radius 1 is 1.06 bits per heavy atom. The molecule has 2 aliphatic rings. The van der Waals surface area contributed by atoms with Crippen molar-refractivity contribution < 1.29 is 39.6 Å². The minimum absolute atomic E-state index is 0.203. The molecule has 1 aromatic carbocycles. The van der Waals surface area contributed by atoms with E-state index < -0.39 is 56.7 Å². The lowest BCUT2D eigenvalue weighted by Crippen LogP contribution is -2.86. The molecule has 180 valence electrons. The van der Waals surface area contributed by atoms with Crippen LogP contribution in [0.5, 0.6) is 0 Å². The number of hydrogen-bond donors (Lipinski definition) is 4. The standard InChI is InChI=1S/C22H26ClNO8S/c1-10(25)17(29)18-20(30,11(2)26)22(32,13(4)28)21(31,12(3)27)19(33-18)24-9-8-14-15(23)6-5-7-16(14)24/h5-7,10,18-19,25,30-32H,8-9H2,1-4H3/t10?,18-,19-,20+,21-,22-/m0/s1. The van der Waals surface area contributed by atoms with Gasteiger partial charge < -0.3 is 25.3 Å². The number of carbonyl (C=O) groups excluding carboxylic acids is 4. The van der Waals surface area contributed by atoms with E-state index in [9.17, 15) is 39.6 Å². The Kier molecular flexibility index (Phi) is 6.60. The number of anilines is 1. The topological polar surface area (TPSA) is 152 Å². The third-order valence-electron chi connectivity index (χ3n) is 6.65. The first-order valence-corrected chi connectivity index (χ1v) is 11.6. The molecule has 1 fully saturated rings. The van der Waals surface area contributed by atoms with E-state index >= 15 is 0 Å². The highest BCUT2D eigenvalue weighted by Crippen LogP contribution is 2.55. The van der Waals surface area contributed by atoms with Crippen LogP contribution in [0, 0.1) is 0 Å². The second-order valence-corrected chi connectivity index (χ2v) is 10.1. The van der Waals surface area contributed by atoms with Gasteiger partial charge in [-0.3, -0.25) is 19.2 Å². The zero-order valence-electron chi connectivity index (χ0n) is 18.5. The lowest BCUT2D eigenvalue weighted by Gasteiger charge is -2.59. The largest absolute Gasteiger partial charge is 0.386 e. The Balaban J connectivity index is 2.35. The van der Waals surface area contributed by atoms with Crippen molar-refractivity contribution in [2.24, 2.45) is 0 Å². The number of benzene rings is 1. The number of aliphatic hydroxyl groups excluding tert-OH is 1. The van der Waals surface area contributed by atoms with Crippen LogP contribution in [-0.4, -0.2) is 83.6 Å². The predicted octanol–water partition coefficient (Wildman–Crippen LogP) is 0.0542. The number of fused-ring (bicyclic) bond motifs is 1. The van der Waals surface area contributed by atoms with Gasteiger partial charge in [-0.2, -0.15) is 0 Å². The number of nitrogens with zero attached hydrogens (tertiary/aromatic N) is 1. The zero-order chi connectivity index (χ0) is 25.1. The molecule has 0 aromatic heterocycles. The maximum absolute atomic E-state index is 13.0. The summed E-state index contributed by atoms with van der Waals surface area (Å²) in [6.07, 6.45) is -1.26. The van der Waals surface area contributed by atoms with Crippen molar-refractivity contribution in [3.8, 4) is 0 Å². The molecule has 0 radical (unpaired) electrons. The van der Waals surface area contributed by atoms with Crippen molar-refractivity contribution in [1.29, 1.82) is 0 Å². The van der Waals surface area contributed by atoms with Crippen LogP contribution in [0.4, 0.5) is 5.69 Å². The third-order valence-corrected chi connectivity index (χ3v) is 8.70. The summed E-state index contributed by atoms with van der Waals surface area (Å²) in [5.41, 5.74) is -8.37. The van der Waals surface area contributed by atoms with Crippen LogP contribution in [0.1, 0.15) is 33.3 Å². The lowest BCUT2D eigenvalue weighted by molar-refractivity contribution is -0.231. The zero-order valence-corrected chi connectivity index (χ0v) is 20.1. The molecule has 6 atom stereocenters. The molecule has 0 bridgehead atoms. The fourth-order valence-corrected chi connectivity index (χ4v) is 7.13. The van der Waals surface area contributed by atoms with E-state index in [-0.39, 0.29) is 6.54 Å². The first kappa shape index (κ1) is 25.8. The van der Waals surface area contributed by atoms with Crippen molar-refractivity contribution in [1.82, 2.24) is 0 Å². The van der Waals surface area contributed by atoms with Gasteiger partial charge in [0.05, 0.1) is 0 Å². The predicted molar refractivity (Wildman–Crippen MR) is 121 cm³/mol. The molecule has 4 N–H and O–H groups in total. The average molecular weight is 500 g/mol. The molecule has 11 heteroatoms. The van der Waals surface area contributed by atoms with Crippen LogP contribution < -0.4 is 4.90 Å². The summed E-state index contributed by atoms with van der Waals surface area (Å²) in [5.74, 6) is -4.62. The molecule has 33 heavy (non-hydrogen) atoms. The second kappa shape index (κ2) is 8.44. The lowest BCUT2D eigenvalue weighted by atomic mass is 9.62. The maximum atomic E-state index is 13.0. The summed E-state index contributed by atoms with van der Waals surface area (Å²) in [6, 6.07) is 4.97. The molecule has 9 nitrogen and oxygen atoms in total. The molecule has 2 heterocycles. The summed E-state index contributed by atoms with van der Waals surface area (Å²) in [6.45, 7) is 3.89. The van der Waals surface area contributed by atoms with Crippen LogP contribution in [0.15, 0.2) is 18.2 Å². The van der Waals surface area contributed by atoms with E-state index in [1.807, 2.05) is 0 Å². The van der Waals surface area contributed by atoms with Gasteiger partial charge in [-0.05, 0) is 51.8 Å². The molecule has 0 amide bonds. The van der Waals surface area contributed by atoms with Gasteiger partial charge in [-0.25, -0.2) is 0 Å². The summed E-state index contributed by atoms with van der Waals surface area (Å²) < 4.78 is 0. The highest BCUT2D eigenvalue weighted by Gasteiger charge is 2.79. The molecule has 0 saturated carbocycles. The molecule has 1 saturated heterocycles. The molecular weight excluding hydrogens is 474 g/mol. The quantitative estimate of drug-likeness (QED) is 0.422. The Bertz CT molecular complexity index is 1050. The van der Waals surface area contributed by atoms with Crippen molar-refractivity contribution in [3.63, 3.8) is 0 Å². The summed E-state index contributed by atoms with van der Waals surface area (Å²) in [4.78, 5) is 53.0. The van der Waals surface area contributed by atoms with Crippen molar-refractivity contribution in [2.45, 2.75) is 67.6 Å². The first-order valence-electron chi connectivity index (χ1n) is 10.3. The van der Waals surface area contributed by atoms with E-state index in [0.29, 0.717) is 34.5 Å². The van der Waals surface area contributed by atoms with E-state index in [4.69, 9.17) is 11.6 Å². The number of Topliss-reactive ketones (excluding diaryl/α,β-unsaturated/α-hetero) is 4.